The van der Waals surface area contributed by atoms with E-state index in [9.17, 15) is 9.59 Å². The molecule has 20 heavy (non-hydrogen) atoms. The van der Waals surface area contributed by atoms with E-state index in [0.29, 0.717) is 13.1 Å². The van der Waals surface area contributed by atoms with Crippen molar-refractivity contribution in [3.63, 3.8) is 0 Å². The molecule has 1 heterocycles. The third-order valence-electron chi connectivity index (χ3n) is 1.94. The van der Waals surface area contributed by atoms with Crippen molar-refractivity contribution < 1.29 is 9.59 Å². The predicted octanol–water partition coefficient (Wildman–Crippen LogP) is 3.06. The van der Waals surface area contributed by atoms with Crippen LogP contribution in [0.5, 0.6) is 0 Å². The third kappa shape index (κ3) is 10.9. The number of carbonyl (C=O) groups excluding carboxylic acids is 2. The van der Waals surface area contributed by atoms with Gasteiger partial charge in [0.15, 0.2) is 0 Å². The minimum Gasteiger partial charge on any atom is -0.275 e. The second-order valence-electron chi connectivity index (χ2n) is 3.67. The summed E-state index contributed by atoms with van der Waals surface area (Å²) >= 11 is 0. The molecular formula is C14H22N4O2. The first-order valence-electron chi connectivity index (χ1n) is 6.56. The Hall–Kier alpha value is -2.25. The molecule has 1 rings (SSSR count). The maximum atomic E-state index is 10.8. The van der Waals surface area contributed by atoms with Crippen molar-refractivity contribution in [3.8, 4) is 12.3 Å². The van der Waals surface area contributed by atoms with Crippen molar-refractivity contribution in [1.82, 2.24) is 4.90 Å². The molecule has 6 heteroatoms. The fraction of sp³-hybridized carbons (Fsp3) is 0.571. The van der Waals surface area contributed by atoms with Crippen LogP contribution in [-0.4, -0.2) is 29.8 Å². The van der Waals surface area contributed by atoms with Gasteiger partial charge in [0.05, 0.1) is 0 Å². The zero-order valence-corrected chi connectivity index (χ0v) is 12.4. The lowest BCUT2D eigenvalue weighted by atomic mass is 10.4. The van der Waals surface area contributed by atoms with Gasteiger partial charge in [-0.3, -0.25) is 14.5 Å². The summed E-state index contributed by atoms with van der Waals surface area (Å²) in [4.78, 5) is 25.4. The molecule has 0 saturated heterocycles. The lowest BCUT2D eigenvalue weighted by Crippen LogP contribution is -2.30. The highest BCUT2D eigenvalue weighted by molar-refractivity contribution is 6.12. The number of hydrogen-bond acceptors (Lipinski definition) is 3. The Morgan fingerprint density at radius 1 is 1.25 bits per heavy atom. The van der Waals surface area contributed by atoms with Crippen molar-refractivity contribution in [3.05, 3.63) is 22.6 Å². The monoisotopic (exact) mass is 278 g/mol. The number of amides is 2. The Morgan fingerprint density at radius 2 is 1.75 bits per heavy atom. The van der Waals surface area contributed by atoms with E-state index in [4.69, 9.17) is 12.0 Å². The molecule has 2 amide bonds. The summed E-state index contributed by atoms with van der Waals surface area (Å²) in [5.74, 6) is 2.05. The van der Waals surface area contributed by atoms with Gasteiger partial charge in [-0.1, -0.05) is 32.3 Å². The number of nitrogens with zero attached hydrogens (tertiary/aromatic N) is 4. The van der Waals surface area contributed by atoms with Crippen LogP contribution in [-0.2, 0) is 9.59 Å². The highest BCUT2D eigenvalue weighted by atomic mass is 16.2. The topological polar surface area (TPSA) is 86.1 Å². The predicted molar refractivity (Wildman–Crippen MR) is 79.6 cm³/mol. The molecule has 0 atom stereocenters. The van der Waals surface area contributed by atoms with Crippen LogP contribution < -0.4 is 0 Å². The first-order chi connectivity index (χ1) is 9.58. The van der Waals surface area contributed by atoms with Gasteiger partial charge in [-0.15, -0.1) is 12.3 Å². The number of hydrogen-bond donors (Lipinski definition) is 0. The normalized spacial score (nSPS) is 11.6. The number of terminal acetylenes is 1. The molecule has 0 aromatic carbocycles. The van der Waals surface area contributed by atoms with E-state index in [1.807, 2.05) is 20.8 Å². The van der Waals surface area contributed by atoms with Crippen molar-refractivity contribution in [1.29, 1.82) is 0 Å². The van der Waals surface area contributed by atoms with Crippen LogP contribution in [0.4, 0.5) is 0 Å². The van der Waals surface area contributed by atoms with E-state index < -0.39 is 0 Å². The van der Waals surface area contributed by atoms with Gasteiger partial charge in [0.1, 0.15) is 0 Å². The average molecular weight is 278 g/mol. The van der Waals surface area contributed by atoms with Crippen molar-refractivity contribution in [2.45, 2.75) is 40.0 Å². The summed E-state index contributed by atoms with van der Waals surface area (Å²) < 4.78 is 0. The zero-order valence-electron chi connectivity index (χ0n) is 12.4. The standard InChI is InChI=1S/C7H9NO2.C4H6.C3H7N3/c1-2-5-8-6(9)3-4-7(8)10;1-3-4-2;1-2-3-5-6-4/h3-4H,2,5H2,1H3;1H,4H2,2H3;2-3H2,1H3. The van der Waals surface area contributed by atoms with Crippen molar-refractivity contribution in [2.75, 3.05) is 13.1 Å². The lowest BCUT2D eigenvalue weighted by Gasteiger charge is -2.10. The van der Waals surface area contributed by atoms with Gasteiger partial charge in [0.2, 0.25) is 0 Å². The van der Waals surface area contributed by atoms with Gasteiger partial charge >= 0.3 is 0 Å². The quantitative estimate of drug-likeness (QED) is 0.260. The fourth-order valence-electron chi connectivity index (χ4n) is 1.02. The maximum Gasteiger partial charge on any atom is 0.253 e. The fourth-order valence-corrected chi connectivity index (χ4v) is 1.02. The summed E-state index contributed by atoms with van der Waals surface area (Å²) in [5.41, 5.74) is 7.66. The molecule has 0 aromatic heterocycles. The molecule has 0 unspecified atom stereocenters. The molecule has 0 fully saturated rings. The zero-order chi connectivity index (χ0) is 15.8. The van der Waals surface area contributed by atoms with Crippen LogP contribution in [0.1, 0.15) is 40.0 Å². The van der Waals surface area contributed by atoms with E-state index in [1.165, 1.54) is 17.1 Å². The smallest absolute Gasteiger partial charge is 0.253 e. The van der Waals surface area contributed by atoms with Gasteiger partial charge in [-0.05, 0) is 12.0 Å². The van der Waals surface area contributed by atoms with Crippen LogP contribution in [0.3, 0.4) is 0 Å². The highest BCUT2D eigenvalue weighted by Crippen LogP contribution is 2.03. The maximum absolute atomic E-state index is 10.8. The molecule has 0 radical (unpaired) electrons. The number of rotatable bonds is 4. The minimum absolute atomic E-state index is 0.188. The Balaban J connectivity index is 0. The van der Waals surface area contributed by atoms with Crippen LogP contribution in [0.15, 0.2) is 17.3 Å². The molecule has 0 bridgehead atoms. The Bertz CT molecular complexity index is 386. The van der Waals surface area contributed by atoms with Gasteiger partial charge in [0, 0.05) is 36.6 Å². The summed E-state index contributed by atoms with van der Waals surface area (Å²) in [6.45, 7) is 6.99. The van der Waals surface area contributed by atoms with Crippen LogP contribution in [0.25, 0.3) is 10.4 Å². The lowest BCUT2D eigenvalue weighted by molar-refractivity contribution is -0.136. The minimum atomic E-state index is -0.188. The molecular weight excluding hydrogens is 256 g/mol. The van der Waals surface area contributed by atoms with Gasteiger partial charge in [-0.2, -0.15) is 0 Å². The van der Waals surface area contributed by atoms with E-state index in [-0.39, 0.29) is 11.8 Å². The van der Waals surface area contributed by atoms with E-state index >= 15 is 0 Å². The Morgan fingerprint density at radius 3 is 2.00 bits per heavy atom. The molecule has 0 aliphatic carbocycles. The van der Waals surface area contributed by atoms with Gasteiger partial charge < -0.3 is 0 Å². The molecule has 110 valence electrons. The number of imide groups is 1. The van der Waals surface area contributed by atoms with E-state index in [1.54, 1.807) is 0 Å². The Labute approximate surface area is 120 Å². The summed E-state index contributed by atoms with van der Waals surface area (Å²) in [6, 6.07) is 0. The van der Waals surface area contributed by atoms with Crippen LogP contribution >= 0.6 is 0 Å². The van der Waals surface area contributed by atoms with Crippen molar-refractivity contribution >= 4 is 11.8 Å². The largest absolute Gasteiger partial charge is 0.275 e. The molecule has 0 spiro atoms. The summed E-state index contributed by atoms with van der Waals surface area (Å²) in [5, 5.41) is 3.27. The summed E-state index contributed by atoms with van der Waals surface area (Å²) in [7, 11) is 0. The van der Waals surface area contributed by atoms with Gasteiger partial charge in [0.25, 0.3) is 11.8 Å². The van der Waals surface area contributed by atoms with Crippen molar-refractivity contribution in [2.24, 2.45) is 5.11 Å². The number of azide groups is 1. The van der Waals surface area contributed by atoms with Crippen LogP contribution in [0.2, 0.25) is 0 Å². The molecule has 6 nitrogen and oxygen atoms in total. The first kappa shape index (κ1) is 20.1. The number of carbonyl (C=O) groups is 2. The molecule has 0 saturated carbocycles. The molecule has 1 aliphatic heterocycles. The summed E-state index contributed by atoms with van der Waals surface area (Å²) in [6.07, 6.45) is 9.99. The second kappa shape index (κ2) is 14.8. The second-order valence-corrected chi connectivity index (χ2v) is 3.67. The molecule has 0 aromatic rings. The molecule has 0 N–H and O–H groups in total. The highest BCUT2D eigenvalue weighted by Gasteiger charge is 2.21. The SMILES string of the molecule is C#CCC.CCCN1C(=O)C=CC1=O.CCCN=[N+]=[N-]. The van der Waals surface area contributed by atoms with E-state index in [0.717, 1.165) is 19.3 Å². The average Bonchev–Trinajstić information content (AvgIpc) is 2.78. The third-order valence-corrected chi connectivity index (χ3v) is 1.94. The van der Waals surface area contributed by atoms with Crippen LogP contribution in [0, 0.1) is 12.3 Å². The first-order valence-corrected chi connectivity index (χ1v) is 6.56. The van der Waals surface area contributed by atoms with Gasteiger partial charge in [-0.25, -0.2) is 0 Å². The Kier molecular flexibility index (Phi) is 14.9. The van der Waals surface area contributed by atoms with E-state index in [2.05, 4.69) is 15.9 Å². The molecule has 1 aliphatic rings.